The molecule has 0 spiro atoms. The van der Waals surface area contributed by atoms with E-state index in [1.165, 1.54) is 6.42 Å². The molecular formula is C17H19BrN2O. The van der Waals surface area contributed by atoms with E-state index in [4.69, 9.17) is 0 Å². The van der Waals surface area contributed by atoms with Crippen molar-refractivity contribution in [3.05, 3.63) is 42.2 Å². The summed E-state index contributed by atoms with van der Waals surface area (Å²) in [5.41, 5.74) is 0.590. The number of amides is 1. The summed E-state index contributed by atoms with van der Waals surface area (Å²) in [5, 5.41) is 3.03. The Kier molecular flexibility index (Phi) is 4.54. The van der Waals surface area contributed by atoms with Gasteiger partial charge in [0.1, 0.15) is 5.69 Å². The Morgan fingerprint density at radius 1 is 1.33 bits per heavy atom. The van der Waals surface area contributed by atoms with E-state index in [1.807, 2.05) is 35.2 Å². The van der Waals surface area contributed by atoms with Crippen LogP contribution in [0.1, 0.15) is 29.8 Å². The second-order valence-electron chi connectivity index (χ2n) is 5.62. The fourth-order valence-corrected chi connectivity index (χ4v) is 3.73. The highest BCUT2D eigenvalue weighted by molar-refractivity contribution is 9.09. The number of aromatic nitrogens is 1. The third-order valence-corrected chi connectivity index (χ3v) is 4.66. The highest BCUT2D eigenvalue weighted by Gasteiger charge is 2.25. The van der Waals surface area contributed by atoms with Crippen LogP contribution < -0.4 is 0 Å². The van der Waals surface area contributed by atoms with Gasteiger partial charge in [-0.15, -0.1) is 0 Å². The van der Waals surface area contributed by atoms with E-state index in [0.29, 0.717) is 11.6 Å². The molecule has 1 aliphatic heterocycles. The molecule has 0 radical (unpaired) electrons. The monoisotopic (exact) mass is 346 g/mol. The Balaban J connectivity index is 1.86. The average molecular weight is 347 g/mol. The van der Waals surface area contributed by atoms with Gasteiger partial charge in [0.05, 0.1) is 0 Å². The van der Waals surface area contributed by atoms with Crippen LogP contribution in [0.5, 0.6) is 0 Å². The number of alkyl halides is 1. The Labute approximate surface area is 133 Å². The maximum atomic E-state index is 12.8. The molecule has 1 unspecified atom stereocenters. The quantitative estimate of drug-likeness (QED) is 0.790. The smallest absolute Gasteiger partial charge is 0.273 e. The molecule has 3 nitrogen and oxygen atoms in total. The molecule has 1 aromatic carbocycles. The molecule has 110 valence electrons. The van der Waals surface area contributed by atoms with Crippen molar-refractivity contribution in [3.8, 4) is 0 Å². The van der Waals surface area contributed by atoms with Gasteiger partial charge < -0.3 is 4.90 Å². The van der Waals surface area contributed by atoms with Crippen LogP contribution in [0, 0.1) is 5.92 Å². The van der Waals surface area contributed by atoms with E-state index in [0.717, 1.165) is 42.0 Å². The number of hydrogen-bond donors (Lipinski definition) is 0. The van der Waals surface area contributed by atoms with E-state index >= 15 is 0 Å². The molecule has 1 fully saturated rings. The van der Waals surface area contributed by atoms with E-state index < -0.39 is 0 Å². The van der Waals surface area contributed by atoms with Gasteiger partial charge in [-0.2, -0.15) is 0 Å². The molecule has 21 heavy (non-hydrogen) atoms. The lowest BCUT2D eigenvalue weighted by Crippen LogP contribution is -2.40. The number of rotatable bonds is 3. The van der Waals surface area contributed by atoms with Gasteiger partial charge >= 0.3 is 0 Å². The summed E-state index contributed by atoms with van der Waals surface area (Å²) in [6, 6.07) is 9.91. The van der Waals surface area contributed by atoms with Crippen molar-refractivity contribution in [2.45, 2.75) is 19.3 Å². The van der Waals surface area contributed by atoms with E-state index in [2.05, 4.69) is 20.9 Å². The average Bonchev–Trinajstić information content (AvgIpc) is 2.54. The maximum Gasteiger partial charge on any atom is 0.273 e. The molecule has 1 atom stereocenters. The standard InChI is InChI=1S/C17H19BrN2O/c18-9-7-13-4-3-11-20(12-13)17(21)16-15-6-2-1-5-14(15)8-10-19-16/h1-2,5-6,8,10,13H,3-4,7,9,11-12H2. The number of fused-ring (bicyclic) bond motifs is 1. The van der Waals surface area contributed by atoms with Gasteiger partial charge in [-0.05, 0) is 36.6 Å². The van der Waals surface area contributed by atoms with E-state index in [-0.39, 0.29) is 5.91 Å². The highest BCUT2D eigenvalue weighted by Crippen LogP contribution is 2.24. The van der Waals surface area contributed by atoms with Crippen LogP contribution in [0.3, 0.4) is 0 Å². The van der Waals surface area contributed by atoms with Gasteiger partial charge in [0, 0.05) is 30.0 Å². The van der Waals surface area contributed by atoms with Gasteiger partial charge in [-0.25, -0.2) is 0 Å². The second kappa shape index (κ2) is 6.56. The van der Waals surface area contributed by atoms with Gasteiger partial charge in [0.15, 0.2) is 0 Å². The van der Waals surface area contributed by atoms with Crippen molar-refractivity contribution in [1.29, 1.82) is 0 Å². The van der Waals surface area contributed by atoms with Crippen molar-refractivity contribution < 1.29 is 4.79 Å². The van der Waals surface area contributed by atoms with Crippen LogP contribution in [0.4, 0.5) is 0 Å². The van der Waals surface area contributed by atoms with Crippen molar-refractivity contribution in [1.82, 2.24) is 9.88 Å². The number of carbonyl (C=O) groups excluding carboxylic acids is 1. The third kappa shape index (κ3) is 3.10. The highest BCUT2D eigenvalue weighted by atomic mass is 79.9. The molecular weight excluding hydrogens is 328 g/mol. The lowest BCUT2D eigenvalue weighted by molar-refractivity contribution is 0.0668. The first-order valence-corrected chi connectivity index (χ1v) is 8.60. The lowest BCUT2D eigenvalue weighted by atomic mass is 9.95. The molecule has 4 heteroatoms. The number of halogens is 1. The van der Waals surface area contributed by atoms with Crippen LogP contribution in [-0.4, -0.2) is 34.2 Å². The molecule has 0 aliphatic carbocycles. The molecule has 0 bridgehead atoms. The Morgan fingerprint density at radius 2 is 2.19 bits per heavy atom. The molecule has 2 heterocycles. The molecule has 3 rings (SSSR count). The van der Waals surface area contributed by atoms with Crippen molar-refractivity contribution in [2.75, 3.05) is 18.4 Å². The normalized spacial score (nSPS) is 18.9. The number of piperidine rings is 1. The van der Waals surface area contributed by atoms with Crippen LogP contribution in [0.15, 0.2) is 36.5 Å². The number of carbonyl (C=O) groups is 1. The predicted molar refractivity (Wildman–Crippen MR) is 88.8 cm³/mol. The fraction of sp³-hybridized carbons (Fsp3) is 0.412. The van der Waals surface area contributed by atoms with Crippen molar-refractivity contribution in [3.63, 3.8) is 0 Å². The third-order valence-electron chi connectivity index (χ3n) is 4.20. The number of hydrogen-bond acceptors (Lipinski definition) is 2. The van der Waals surface area contributed by atoms with E-state index in [1.54, 1.807) is 6.20 Å². The zero-order valence-corrected chi connectivity index (χ0v) is 13.6. The molecule has 0 saturated carbocycles. The number of pyridine rings is 1. The zero-order chi connectivity index (χ0) is 14.7. The van der Waals surface area contributed by atoms with Crippen molar-refractivity contribution >= 4 is 32.6 Å². The van der Waals surface area contributed by atoms with Crippen LogP contribution >= 0.6 is 15.9 Å². The summed E-state index contributed by atoms with van der Waals surface area (Å²) in [7, 11) is 0. The topological polar surface area (TPSA) is 33.2 Å². The molecule has 1 aromatic heterocycles. The van der Waals surface area contributed by atoms with Gasteiger partial charge in [-0.3, -0.25) is 9.78 Å². The second-order valence-corrected chi connectivity index (χ2v) is 6.41. The molecule has 1 amide bonds. The lowest BCUT2D eigenvalue weighted by Gasteiger charge is -2.32. The van der Waals surface area contributed by atoms with Crippen LogP contribution in [0.25, 0.3) is 10.8 Å². The molecule has 0 N–H and O–H groups in total. The summed E-state index contributed by atoms with van der Waals surface area (Å²) in [6.07, 6.45) is 5.18. The zero-order valence-electron chi connectivity index (χ0n) is 12.0. The van der Waals surface area contributed by atoms with Gasteiger partial charge in [-0.1, -0.05) is 40.2 Å². The largest absolute Gasteiger partial charge is 0.337 e. The van der Waals surface area contributed by atoms with Crippen LogP contribution in [0.2, 0.25) is 0 Å². The summed E-state index contributed by atoms with van der Waals surface area (Å²) in [4.78, 5) is 19.1. The van der Waals surface area contributed by atoms with Gasteiger partial charge in [0.2, 0.25) is 0 Å². The number of nitrogens with zero attached hydrogens (tertiary/aromatic N) is 2. The first kappa shape index (κ1) is 14.5. The van der Waals surface area contributed by atoms with E-state index in [9.17, 15) is 4.79 Å². The first-order chi connectivity index (χ1) is 10.3. The minimum absolute atomic E-state index is 0.0751. The Hall–Kier alpha value is -1.42. The summed E-state index contributed by atoms with van der Waals surface area (Å²) >= 11 is 3.50. The van der Waals surface area contributed by atoms with Crippen molar-refractivity contribution in [2.24, 2.45) is 5.92 Å². The minimum atomic E-state index is 0.0751. The number of likely N-dealkylation sites (tertiary alicyclic amines) is 1. The summed E-state index contributed by atoms with van der Waals surface area (Å²) < 4.78 is 0. The predicted octanol–water partition coefficient (Wildman–Crippen LogP) is 3.87. The summed E-state index contributed by atoms with van der Waals surface area (Å²) in [6.45, 7) is 1.71. The minimum Gasteiger partial charge on any atom is -0.337 e. The number of benzene rings is 1. The van der Waals surface area contributed by atoms with Gasteiger partial charge in [0.25, 0.3) is 5.91 Å². The Morgan fingerprint density at radius 3 is 3.05 bits per heavy atom. The maximum absolute atomic E-state index is 12.8. The summed E-state index contributed by atoms with van der Waals surface area (Å²) in [5.74, 6) is 0.683. The first-order valence-electron chi connectivity index (χ1n) is 7.48. The SMILES string of the molecule is O=C(c1nccc2ccccc12)N1CCCC(CCBr)C1. The fourth-order valence-electron chi connectivity index (χ4n) is 3.08. The molecule has 1 aliphatic rings. The molecule has 2 aromatic rings. The Bertz CT molecular complexity index is 636. The van der Waals surface area contributed by atoms with Crippen LogP contribution in [-0.2, 0) is 0 Å². The molecule has 1 saturated heterocycles.